The number of phenols is 2. The third kappa shape index (κ3) is 4.74. The summed E-state index contributed by atoms with van der Waals surface area (Å²) in [4.78, 5) is 12.9. The van der Waals surface area contributed by atoms with Crippen molar-refractivity contribution in [1.29, 1.82) is 0 Å². The van der Waals surface area contributed by atoms with Crippen LogP contribution in [0.2, 0.25) is 10.0 Å². The number of hydrogen-bond donors (Lipinski definition) is 2. The van der Waals surface area contributed by atoms with Gasteiger partial charge in [-0.05, 0) is 74.2 Å². The molecule has 0 unspecified atom stereocenters. The molecule has 30 heavy (non-hydrogen) atoms. The molecule has 3 rings (SSSR count). The van der Waals surface area contributed by atoms with Gasteiger partial charge in [0.15, 0.2) is 28.8 Å². The number of ether oxygens (including phenoxy) is 2. The van der Waals surface area contributed by atoms with Gasteiger partial charge in [0.2, 0.25) is 0 Å². The fourth-order valence-corrected chi connectivity index (χ4v) is 3.70. The Bertz CT molecular complexity index is 959. The molecule has 0 atom stereocenters. The molecule has 2 aromatic carbocycles. The topological polar surface area (TPSA) is 76.0 Å². The molecule has 0 aliphatic heterocycles. The molecule has 0 saturated heterocycles. The predicted molar refractivity (Wildman–Crippen MR) is 119 cm³/mol. The smallest absolute Gasteiger partial charge is 0.185 e. The molecular formula is C23H22Cl2O5. The lowest BCUT2D eigenvalue weighted by Crippen LogP contribution is -1.97. The molecule has 0 amide bonds. The zero-order valence-corrected chi connectivity index (χ0v) is 18.2. The summed E-state index contributed by atoms with van der Waals surface area (Å²) >= 11 is 12.2. The molecule has 2 N–H and O–H groups in total. The van der Waals surface area contributed by atoms with Crippen LogP contribution in [0.15, 0.2) is 35.4 Å². The summed E-state index contributed by atoms with van der Waals surface area (Å²) in [5.41, 5.74) is 2.63. The maximum atomic E-state index is 12.9. The fraction of sp³-hybridized carbons (Fsp3) is 0.261. The number of Topliss-reactive ketones (excluding diaryl/α,β-unsaturated/α-hetero) is 1. The summed E-state index contributed by atoms with van der Waals surface area (Å²) in [7, 11) is 0. The number of hydrogen-bond acceptors (Lipinski definition) is 5. The van der Waals surface area contributed by atoms with Crippen LogP contribution in [-0.2, 0) is 4.79 Å². The van der Waals surface area contributed by atoms with Gasteiger partial charge in [-0.2, -0.15) is 0 Å². The minimum atomic E-state index is -0.117. The monoisotopic (exact) mass is 448 g/mol. The van der Waals surface area contributed by atoms with Gasteiger partial charge in [-0.25, -0.2) is 0 Å². The SMILES string of the molecule is CCOc1cc(C=C2CCC(=Cc3cc(Cl)c(O)c(OCC)c3)C2=O)cc(Cl)c1O. The predicted octanol–water partition coefficient (Wildman–Crippen LogP) is 6.03. The highest BCUT2D eigenvalue weighted by atomic mass is 35.5. The van der Waals surface area contributed by atoms with Crippen molar-refractivity contribution in [3.05, 3.63) is 56.6 Å². The first-order valence-corrected chi connectivity index (χ1v) is 10.4. The molecule has 0 spiro atoms. The Morgan fingerprint density at radius 2 is 1.23 bits per heavy atom. The van der Waals surface area contributed by atoms with E-state index in [2.05, 4.69) is 0 Å². The van der Waals surface area contributed by atoms with Crippen LogP contribution in [0.5, 0.6) is 23.0 Å². The van der Waals surface area contributed by atoms with E-state index >= 15 is 0 Å². The summed E-state index contributed by atoms with van der Waals surface area (Å²) in [6.07, 6.45) is 4.67. The molecule has 1 saturated carbocycles. The summed E-state index contributed by atoms with van der Waals surface area (Å²) in [5.74, 6) is 0.251. The van der Waals surface area contributed by atoms with Gasteiger partial charge >= 0.3 is 0 Å². The van der Waals surface area contributed by atoms with Gasteiger partial charge in [-0.1, -0.05) is 23.2 Å². The number of halogens is 2. The van der Waals surface area contributed by atoms with Crippen LogP contribution in [0.4, 0.5) is 0 Å². The molecular weight excluding hydrogens is 427 g/mol. The Kier molecular flexibility index (Phi) is 6.95. The number of allylic oxidation sites excluding steroid dienone is 2. The standard InChI is InChI=1S/C23H22Cl2O5/c1-3-29-19-11-13(9-17(24)22(19)27)7-15-5-6-16(21(15)26)8-14-10-18(25)23(28)20(12-14)30-4-2/h7-12,27-28H,3-6H2,1-2H3. The van der Waals surface area contributed by atoms with Crippen LogP contribution in [0.3, 0.4) is 0 Å². The molecule has 5 nitrogen and oxygen atoms in total. The lowest BCUT2D eigenvalue weighted by atomic mass is 10.1. The second-order valence-corrected chi connectivity index (χ2v) is 7.55. The van der Waals surface area contributed by atoms with E-state index in [-0.39, 0.29) is 38.8 Å². The number of benzene rings is 2. The van der Waals surface area contributed by atoms with Crippen LogP contribution in [0.1, 0.15) is 37.8 Å². The van der Waals surface area contributed by atoms with Crippen LogP contribution in [0, 0.1) is 0 Å². The Labute approximate surface area is 185 Å². The number of carbonyl (C=O) groups excluding carboxylic acids is 1. The van der Waals surface area contributed by atoms with Crippen LogP contribution in [-0.4, -0.2) is 29.2 Å². The van der Waals surface area contributed by atoms with E-state index in [0.717, 1.165) is 0 Å². The lowest BCUT2D eigenvalue weighted by molar-refractivity contribution is -0.111. The number of phenolic OH excluding ortho intramolecular Hbond substituents is 2. The average Bonchev–Trinajstić information content (AvgIpc) is 3.03. The summed E-state index contributed by atoms with van der Waals surface area (Å²) < 4.78 is 10.8. The van der Waals surface area contributed by atoms with E-state index in [0.29, 0.717) is 48.3 Å². The second kappa shape index (κ2) is 9.45. The van der Waals surface area contributed by atoms with Gasteiger partial charge in [0.25, 0.3) is 0 Å². The third-order valence-corrected chi connectivity index (χ3v) is 5.21. The highest BCUT2D eigenvalue weighted by molar-refractivity contribution is 6.32. The maximum Gasteiger partial charge on any atom is 0.185 e. The molecule has 0 aromatic heterocycles. The van der Waals surface area contributed by atoms with Crippen LogP contribution in [0.25, 0.3) is 12.2 Å². The zero-order chi connectivity index (χ0) is 21.8. The average molecular weight is 449 g/mol. The van der Waals surface area contributed by atoms with E-state index in [9.17, 15) is 15.0 Å². The summed E-state index contributed by atoms with van der Waals surface area (Å²) in [5, 5.41) is 20.3. The normalized spacial score (nSPS) is 16.5. The Morgan fingerprint density at radius 1 is 0.833 bits per heavy atom. The number of carbonyl (C=O) groups is 1. The molecule has 2 aromatic rings. The Morgan fingerprint density at radius 3 is 1.60 bits per heavy atom. The van der Waals surface area contributed by atoms with Crippen molar-refractivity contribution in [2.75, 3.05) is 13.2 Å². The number of ketones is 1. The highest BCUT2D eigenvalue weighted by Crippen LogP contribution is 2.39. The molecule has 0 heterocycles. The van der Waals surface area contributed by atoms with Gasteiger partial charge < -0.3 is 19.7 Å². The van der Waals surface area contributed by atoms with E-state index in [4.69, 9.17) is 32.7 Å². The van der Waals surface area contributed by atoms with Crippen molar-refractivity contribution in [1.82, 2.24) is 0 Å². The van der Waals surface area contributed by atoms with Gasteiger partial charge in [0.05, 0.1) is 23.3 Å². The maximum absolute atomic E-state index is 12.9. The molecule has 0 radical (unpaired) electrons. The van der Waals surface area contributed by atoms with E-state index < -0.39 is 0 Å². The zero-order valence-electron chi connectivity index (χ0n) is 16.7. The molecule has 1 aliphatic carbocycles. The minimum absolute atomic E-state index is 0.0701. The quantitative estimate of drug-likeness (QED) is 0.527. The molecule has 7 heteroatoms. The third-order valence-electron chi connectivity index (χ3n) is 4.63. The van der Waals surface area contributed by atoms with E-state index in [1.54, 1.807) is 36.4 Å². The van der Waals surface area contributed by atoms with Gasteiger partial charge in [0, 0.05) is 11.1 Å². The fourth-order valence-electron chi connectivity index (χ4n) is 3.27. The number of rotatable bonds is 6. The van der Waals surface area contributed by atoms with E-state index in [1.165, 1.54) is 0 Å². The lowest BCUT2D eigenvalue weighted by Gasteiger charge is -2.09. The molecule has 0 bridgehead atoms. The van der Waals surface area contributed by atoms with Gasteiger partial charge in [-0.3, -0.25) is 4.79 Å². The molecule has 158 valence electrons. The summed E-state index contributed by atoms with van der Waals surface area (Å²) in [6, 6.07) is 6.49. The van der Waals surface area contributed by atoms with Gasteiger partial charge in [0.1, 0.15) is 0 Å². The highest BCUT2D eigenvalue weighted by Gasteiger charge is 2.24. The molecule has 1 fully saturated rings. The Balaban J connectivity index is 1.90. The Hall–Kier alpha value is -2.63. The summed E-state index contributed by atoms with van der Waals surface area (Å²) in [6.45, 7) is 4.38. The first-order valence-electron chi connectivity index (χ1n) is 9.60. The van der Waals surface area contributed by atoms with Crippen molar-refractivity contribution in [3.8, 4) is 23.0 Å². The van der Waals surface area contributed by atoms with Crippen molar-refractivity contribution in [3.63, 3.8) is 0 Å². The van der Waals surface area contributed by atoms with Crippen molar-refractivity contribution in [2.24, 2.45) is 0 Å². The molecule has 1 aliphatic rings. The van der Waals surface area contributed by atoms with E-state index in [1.807, 2.05) is 13.8 Å². The van der Waals surface area contributed by atoms with Crippen molar-refractivity contribution < 1.29 is 24.5 Å². The van der Waals surface area contributed by atoms with Crippen LogP contribution >= 0.6 is 23.2 Å². The first kappa shape index (κ1) is 22.1. The van der Waals surface area contributed by atoms with Gasteiger partial charge in [-0.15, -0.1) is 0 Å². The first-order chi connectivity index (χ1) is 14.3. The van der Waals surface area contributed by atoms with Crippen LogP contribution < -0.4 is 9.47 Å². The van der Waals surface area contributed by atoms with Crippen molar-refractivity contribution in [2.45, 2.75) is 26.7 Å². The minimum Gasteiger partial charge on any atom is -0.503 e. The van der Waals surface area contributed by atoms with Crippen molar-refractivity contribution >= 4 is 41.1 Å². The number of aromatic hydroxyl groups is 2. The largest absolute Gasteiger partial charge is 0.503 e. The second-order valence-electron chi connectivity index (χ2n) is 6.73.